The Labute approximate surface area is 68.9 Å². The van der Waals surface area contributed by atoms with Crippen LogP contribution in [0.2, 0.25) is 0 Å². The first-order valence-corrected chi connectivity index (χ1v) is 4.33. The second-order valence-corrected chi connectivity index (χ2v) is 2.98. The van der Waals surface area contributed by atoms with E-state index in [-0.39, 0.29) is 5.91 Å². The summed E-state index contributed by atoms with van der Waals surface area (Å²) in [6.45, 7) is 0. The molecular formula is C6H10INO. The Kier molecular flexibility index (Phi) is 2.75. The van der Waals surface area contributed by atoms with Crippen LogP contribution in [0.15, 0.2) is 0 Å². The molecule has 1 amide bonds. The fraction of sp³-hybridized carbons (Fsp3) is 0.833. The summed E-state index contributed by atoms with van der Waals surface area (Å²) >= 11 is 1.90. The lowest BCUT2D eigenvalue weighted by Gasteiger charge is -2.03. The molecule has 1 aliphatic rings. The molecule has 0 atom stereocenters. The Morgan fingerprint density at radius 2 is 2.00 bits per heavy atom. The van der Waals surface area contributed by atoms with Gasteiger partial charge in [-0.05, 0) is 12.8 Å². The fourth-order valence-corrected chi connectivity index (χ4v) is 1.71. The van der Waals surface area contributed by atoms with Crippen LogP contribution in [-0.4, -0.2) is 5.91 Å². The Hall–Kier alpha value is 0.200. The number of carbonyl (C=O) groups is 1. The fourth-order valence-electron chi connectivity index (χ4n) is 1.27. The molecule has 0 radical (unpaired) electrons. The van der Waals surface area contributed by atoms with E-state index in [1.807, 2.05) is 22.9 Å². The molecule has 1 aliphatic carbocycles. The van der Waals surface area contributed by atoms with Gasteiger partial charge >= 0.3 is 0 Å². The van der Waals surface area contributed by atoms with Gasteiger partial charge in [-0.2, -0.15) is 0 Å². The summed E-state index contributed by atoms with van der Waals surface area (Å²) in [6.07, 6.45) is 4.65. The SMILES string of the molecule is O=C(NI)C1CCCC1. The summed E-state index contributed by atoms with van der Waals surface area (Å²) in [5.74, 6) is 0.537. The molecule has 52 valence electrons. The van der Waals surface area contributed by atoms with E-state index in [2.05, 4.69) is 3.53 Å². The molecule has 0 bridgehead atoms. The monoisotopic (exact) mass is 239 g/mol. The Morgan fingerprint density at radius 3 is 2.44 bits per heavy atom. The van der Waals surface area contributed by atoms with Crippen molar-refractivity contribution in [3.63, 3.8) is 0 Å². The van der Waals surface area contributed by atoms with Crippen molar-refractivity contribution in [3.8, 4) is 0 Å². The van der Waals surface area contributed by atoms with Gasteiger partial charge in [0.25, 0.3) is 0 Å². The van der Waals surface area contributed by atoms with E-state index >= 15 is 0 Å². The van der Waals surface area contributed by atoms with Crippen LogP contribution in [0.1, 0.15) is 25.7 Å². The Morgan fingerprint density at radius 1 is 1.44 bits per heavy atom. The highest BCUT2D eigenvalue weighted by molar-refractivity contribution is 14.1. The third-order valence-electron chi connectivity index (χ3n) is 1.82. The molecule has 0 unspecified atom stereocenters. The third-order valence-corrected chi connectivity index (χ3v) is 2.35. The van der Waals surface area contributed by atoms with Crippen molar-refractivity contribution in [2.45, 2.75) is 25.7 Å². The molecule has 1 fully saturated rings. The van der Waals surface area contributed by atoms with Gasteiger partial charge in [0.15, 0.2) is 0 Å². The van der Waals surface area contributed by atoms with Gasteiger partial charge in [-0.25, -0.2) is 0 Å². The van der Waals surface area contributed by atoms with E-state index < -0.39 is 0 Å². The number of amides is 1. The van der Waals surface area contributed by atoms with E-state index in [1.54, 1.807) is 0 Å². The molecule has 1 saturated carbocycles. The van der Waals surface area contributed by atoms with Crippen molar-refractivity contribution in [1.29, 1.82) is 0 Å². The molecule has 0 aliphatic heterocycles. The molecule has 9 heavy (non-hydrogen) atoms. The highest BCUT2D eigenvalue weighted by atomic mass is 127. The third kappa shape index (κ3) is 1.81. The number of rotatable bonds is 1. The number of hydrogen-bond acceptors (Lipinski definition) is 1. The molecule has 0 heterocycles. The highest BCUT2D eigenvalue weighted by Crippen LogP contribution is 2.24. The van der Waals surface area contributed by atoms with E-state index in [1.165, 1.54) is 12.8 Å². The molecular weight excluding hydrogens is 229 g/mol. The predicted molar refractivity (Wildman–Crippen MR) is 44.1 cm³/mol. The van der Waals surface area contributed by atoms with Crippen LogP contribution < -0.4 is 3.53 Å². The molecule has 0 aromatic carbocycles. The van der Waals surface area contributed by atoms with E-state index in [0.717, 1.165) is 12.8 Å². The summed E-state index contributed by atoms with van der Waals surface area (Å²) in [6, 6.07) is 0. The summed E-state index contributed by atoms with van der Waals surface area (Å²) in [5, 5.41) is 0. The highest BCUT2D eigenvalue weighted by Gasteiger charge is 2.21. The van der Waals surface area contributed by atoms with Crippen molar-refractivity contribution >= 4 is 28.8 Å². The maximum Gasteiger partial charge on any atom is 0.231 e. The van der Waals surface area contributed by atoms with Crippen LogP contribution in [0.25, 0.3) is 0 Å². The lowest BCUT2D eigenvalue weighted by Crippen LogP contribution is -2.20. The van der Waals surface area contributed by atoms with Crippen LogP contribution in [0.4, 0.5) is 0 Å². The van der Waals surface area contributed by atoms with Crippen LogP contribution in [0, 0.1) is 5.92 Å². The summed E-state index contributed by atoms with van der Waals surface area (Å²) in [7, 11) is 0. The minimum absolute atomic E-state index is 0.216. The zero-order chi connectivity index (χ0) is 6.69. The summed E-state index contributed by atoms with van der Waals surface area (Å²) in [5.41, 5.74) is 0. The Balaban J connectivity index is 2.32. The maximum atomic E-state index is 10.9. The van der Waals surface area contributed by atoms with E-state index in [4.69, 9.17) is 0 Å². The molecule has 3 heteroatoms. The molecule has 1 rings (SSSR count). The van der Waals surface area contributed by atoms with Crippen molar-refractivity contribution in [2.75, 3.05) is 0 Å². The van der Waals surface area contributed by atoms with Gasteiger partial charge in [-0.15, -0.1) is 0 Å². The standard InChI is InChI=1S/C6H10INO/c7-8-6(9)5-3-1-2-4-5/h5H,1-4H2,(H,8,9). The van der Waals surface area contributed by atoms with Crippen molar-refractivity contribution < 1.29 is 4.79 Å². The number of halogens is 1. The van der Waals surface area contributed by atoms with Gasteiger partial charge in [0.1, 0.15) is 0 Å². The van der Waals surface area contributed by atoms with Crippen molar-refractivity contribution in [2.24, 2.45) is 5.92 Å². The summed E-state index contributed by atoms with van der Waals surface area (Å²) < 4.78 is 2.64. The first-order chi connectivity index (χ1) is 4.34. The average Bonchev–Trinajstić information content (AvgIpc) is 2.37. The average molecular weight is 239 g/mol. The van der Waals surface area contributed by atoms with Gasteiger partial charge in [0.05, 0.1) is 22.9 Å². The smallest absolute Gasteiger partial charge is 0.231 e. The minimum Gasteiger partial charge on any atom is -0.299 e. The van der Waals surface area contributed by atoms with Crippen LogP contribution >= 0.6 is 22.9 Å². The van der Waals surface area contributed by atoms with Gasteiger partial charge in [-0.1, -0.05) is 12.8 Å². The van der Waals surface area contributed by atoms with Gasteiger partial charge < -0.3 is 0 Å². The second-order valence-electron chi connectivity index (χ2n) is 2.44. The van der Waals surface area contributed by atoms with Gasteiger partial charge in [0.2, 0.25) is 5.91 Å². The predicted octanol–water partition coefficient (Wildman–Crippen LogP) is 1.64. The molecule has 0 aromatic heterocycles. The minimum atomic E-state index is 0.216. The lowest BCUT2D eigenvalue weighted by atomic mass is 10.1. The maximum absolute atomic E-state index is 10.9. The number of carbonyl (C=O) groups excluding carboxylic acids is 1. The zero-order valence-corrected chi connectivity index (χ0v) is 7.35. The van der Waals surface area contributed by atoms with Crippen LogP contribution in [-0.2, 0) is 4.79 Å². The quantitative estimate of drug-likeness (QED) is 0.547. The topological polar surface area (TPSA) is 29.1 Å². The van der Waals surface area contributed by atoms with Gasteiger partial charge in [-0.3, -0.25) is 8.32 Å². The van der Waals surface area contributed by atoms with Crippen molar-refractivity contribution in [1.82, 2.24) is 3.53 Å². The number of hydrogen-bond donors (Lipinski definition) is 1. The van der Waals surface area contributed by atoms with Gasteiger partial charge in [0, 0.05) is 5.92 Å². The molecule has 1 N–H and O–H groups in total. The van der Waals surface area contributed by atoms with E-state index in [0.29, 0.717) is 5.92 Å². The molecule has 0 saturated heterocycles. The molecule has 0 aromatic rings. The zero-order valence-electron chi connectivity index (χ0n) is 5.19. The normalized spacial score (nSPS) is 20.1. The molecule has 0 spiro atoms. The van der Waals surface area contributed by atoms with Crippen LogP contribution in [0.5, 0.6) is 0 Å². The first kappa shape index (κ1) is 7.31. The largest absolute Gasteiger partial charge is 0.299 e. The summed E-state index contributed by atoms with van der Waals surface area (Å²) in [4.78, 5) is 10.9. The lowest BCUT2D eigenvalue weighted by molar-refractivity contribution is -0.122. The van der Waals surface area contributed by atoms with Crippen LogP contribution in [0.3, 0.4) is 0 Å². The number of nitrogens with one attached hydrogen (secondary N) is 1. The Bertz CT molecular complexity index is 110. The molecule has 2 nitrogen and oxygen atoms in total. The van der Waals surface area contributed by atoms with E-state index in [9.17, 15) is 4.79 Å². The van der Waals surface area contributed by atoms with Crippen molar-refractivity contribution in [3.05, 3.63) is 0 Å². The second kappa shape index (κ2) is 3.39. The first-order valence-electron chi connectivity index (χ1n) is 3.25.